The fourth-order valence-electron chi connectivity index (χ4n) is 3.85. The lowest BCUT2D eigenvalue weighted by atomic mass is 9.70. The maximum absolute atomic E-state index is 11.3. The predicted octanol–water partition coefficient (Wildman–Crippen LogP) is 3.30. The fourth-order valence-corrected chi connectivity index (χ4v) is 3.85. The van der Waals surface area contributed by atoms with Gasteiger partial charge in [-0.3, -0.25) is 0 Å². The topological polar surface area (TPSA) is 32.3 Å². The van der Waals surface area contributed by atoms with Gasteiger partial charge >= 0.3 is 0 Å². The van der Waals surface area contributed by atoms with Crippen LogP contribution in [0.1, 0.15) is 62.5 Å². The Bertz CT molecular complexity index is 437. The molecule has 1 aromatic carbocycles. The zero-order valence-electron chi connectivity index (χ0n) is 11.9. The lowest BCUT2D eigenvalue weighted by molar-refractivity contribution is -0.0231. The van der Waals surface area contributed by atoms with Crippen molar-refractivity contribution < 1.29 is 5.11 Å². The number of fused-ring (bicyclic) bond motifs is 1. The van der Waals surface area contributed by atoms with E-state index in [9.17, 15) is 5.11 Å². The van der Waals surface area contributed by atoms with Gasteiger partial charge in [-0.05, 0) is 49.3 Å². The molecule has 3 atom stereocenters. The van der Waals surface area contributed by atoms with Crippen LogP contribution in [0.15, 0.2) is 24.3 Å². The van der Waals surface area contributed by atoms with Crippen LogP contribution in [0.3, 0.4) is 0 Å². The average Bonchev–Trinajstić information content (AvgIpc) is 2.73. The number of aliphatic hydroxyl groups is 1. The van der Waals surface area contributed by atoms with Gasteiger partial charge in [0.05, 0.1) is 0 Å². The summed E-state index contributed by atoms with van der Waals surface area (Å²) in [5, 5.41) is 14.9. The van der Waals surface area contributed by atoms with E-state index in [-0.39, 0.29) is 6.04 Å². The molecule has 0 bridgehead atoms. The molecular formula is C17H25NO. The zero-order chi connectivity index (χ0) is 13.3. The van der Waals surface area contributed by atoms with Crippen molar-refractivity contribution in [2.24, 2.45) is 0 Å². The number of rotatable bonds is 1. The van der Waals surface area contributed by atoms with E-state index in [0.717, 1.165) is 25.8 Å². The van der Waals surface area contributed by atoms with Gasteiger partial charge in [0.2, 0.25) is 0 Å². The molecule has 1 saturated heterocycles. The van der Waals surface area contributed by atoms with Crippen molar-refractivity contribution in [1.29, 1.82) is 0 Å². The van der Waals surface area contributed by atoms with E-state index in [4.69, 9.17) is 0 Å². The van der Waals surface area contributed by atoms with E-state index in [0.29, 0.717) is 5.92 Å². The van der Waals surface area contributed by atoms with E-state index in [1.165, 1.54) is 30.4 Å². The van der Waals surface area contributed by atoms with Gasteiger partial charge in [-0.2, -0.15) is 0 Å². The molecule has 1 aliphatic heterocycles. The van der Waals surface area contributed by atoms with E-state index in [1.54, 1.807) is 0 Å². The molecule has 2 aliphatic rings. The van der Waals surface area contributed by atoms with Crippen molar-refractivity contribution in [2.45, 2.75) is 63.0 Å². The Morgan fingerprint density at radius 3 is 2.89 bits per heavy atom. The second kappa shape index (κ2) is 5.26. The van der Waals surface area contributed by atoms with E-state index in [2.05, 4.69) is 36.5 Å². The Kier molecular flexibility index (Phi) is 3.64. The first kappa shape index (κ1) is 13.1. The van der Waals surface area contributed by atoms with E-state index in [1.807, 2.05) is 0 Å². The number of hydrogen-bond donors (Lipinski definition) is 2. The van der Waals surface area contributed by atoms with Crippen LogP contribution < -0.4 is 5.32 Å². The molecule has 2 N–H and O–H groups in total. The Balaban J connectivity index is 1.97. The highest BCUT2D eigenvalue weighted by Gasteiger charge is 2.42. The molecule has 1 heterocycles. The second-order valence-electron chi connectivity index (χ2n) is 6.31. The molecule has 0 spiro atoms. The van der Waals surface area contributed by atoms with Crippen LogP contribution in [0.4, 0.5) is 0 Å². The van der Waals surface area contributed by atoms with Crippen molar-refractivity contribution in [3.8, 4) is 0 Å². The maximum atomic E-state index is 11.3. The molecule has 2 nitrogen and oxygen atoms in total. The van der Waals surface area contributed by atoms with E-state index >= 15 is 0 Å². The summed E-state index contributed by atoms with van der Waals surface area (Å²) in [7, 11) is 0. The molecule has 3 unspecified atom stereocenters. The number of benzene rings is 1. The van der Waals surface area contributed by atoms with Crippen LogP contribution in [0.25, 0.3) is 0 Å². The summed E-state index contributed by atoms with van der Waals surface area (Å²) in [4.78, 5) is 0. The Labute approximate surface area is 116 Å². The molecule has 0 amide bonds. The first-order chi connectivity index (χ1) is 9.22. The summed E-state index contributed by atoms with van der Waals surface area (Å²) >= 11 is 0. The minimum absolute atomic E-state index is 0.226. The molecule has 19 heavy (non-hydrogen) atoms. The maximum Gasteiger partial charge on any atom is 0.105 e. The van der Waals surface area contributed by atoms with Crippen LogP contribution in [-0.2, 0) is 5.60 Å². The summed E-state index contributed by atoms with van der Waals surface area (Å²) in [6.45, 7) is 3.32. The highest BCUT2D eigenvalue weighted by molar-refractivity contribution is 5.38. The first-order valence-electron chi connectivity index (χ1n) is 7.77. The summed E-state index contributed by atoms with van der Waals surface area (Å²) in [6.07, 6.45) is 6.84. The lowest BCUT2D eigenvalue weighted by Gasteiger charge is -2.42. The fraction of sp³-hybridized carbons (Fsp3) is 0.647. The van der Waals surface area contributed by atoms with Crippen LogP contribution in [0.2, 0.25) is 0 Å². The highest BCUT2D eigenvalue weighted by atomic mass is 16.3. The average molecular weight is 259 g/mol. The smallest absolute Gasteiger partial charge is 0.105 e. The van der Waals surface area contributed by atoms with Crippen molar-refractivity contribution in [2.75, 3.05) is 6.54 Å². The molecule has 0 saturated carbocycles. The van der Waals surface area contributed by atoms with Gasteiger partial charge in [-0.15, -0.1) is 0 Å². The van der Waals surface area contributed by atoms with Gasteiger partial charge in [0, 0.05) is 6.04 Å². The third-order valence-electron chi connectivity index (χ3n) is 5.05. The molecule has 1 aromatic rings. The monoisotopic (exact) mass is 259 g/mol. The van der Waals surface area contributed by atoms with Gasteiger partial charge in [-0.25, -0.2) is 0 Å². The van der Waals surface area contributed by atoms with Crippen molar-refractivity contribution in [3.05, 3.63) is 35.4 Å². The van der Waals surface area contributed by atoms with Crippen molar-refractivity contribution >= 4 is 0 Å². The standard InChI is InChI=1S/C17H25NO/c1-13-10-11-17(19,15-8-5-4-7-14(13)15)16-9-3-2-6-12-18-16/h4-5,7-8,13,16,18-19H,2-3,6,9-12H2,1H3. The Morgan fingerprint density at radius 2 is 2.00 bits per heavy atom. The molecule has 0 aromatic heterocycles. The first-order valence-corrected chi connectivity index (χ1v) is 7.77. The third kappa shape index (κ3) is 2.32. The Morgan fingerprint density at radius 1 is 1.16 bits per heavy atom. The van der Waals surface area contributed by atoms with Gasteiger partial charge in [0.15, 0.2) is 0 Å². The minimum atomic E-state index is -0.659. The van der Waals surface area contributed by atoms with Crippen molar-refractivity contribution in [3.63, 3.8) is 0 Å². The SMILES string of the molecule is CC1CCC(O)(C2CCCCCN2)c2ccccc21. The zero-order valence-corrected chi connectivity index (χ0v) is 11.9. The summed E-state index contributed by atoms with van der Waals surface area (Å²) in [5.41, 5.74) is 1.86. The van der Waals surface area contributed by atoms with Crippen molar-refractivity contribution in [1.82, 2.24) is 5.32 Å². The number of hydrogen-bond acceptors (Lipinski definition) is 2. The summed E-state index contributed by atoms with van der Waals surface area (Å²) < 4.78 is 0. The van der Waals surface area contributed by atoms with Gasteiger partial charge in [0.1, 0.15) is 5.60 Å². The Hall–Kier alpha value is -0.860. The van der Waals surface area contributed by atoms with Crippen LogP contribution in [-0.4, -0.2) is 17.7 Å². The summed E-state index contributed by atoms with van der Waals surface area (Å²) in [6, 6.07) is 8.72. The molecule has 0 radical (unpaired) electrons. The van der Waals surface area contributed by atoms with Gasteiger partial charge in [-0.1, -0.05) is 44.0 Å². The normalized spacial score (nSPS) is 35.5. The second-order valence-corrected chi connectivity index (χ2v) is 6.31. The van der Waals surface area contributed by atoms with E-state index < -0.39 is 5.60 Å². The largest absolute Gasteiger partial charge is 0.384 e. The third-order valence-corrected chi connectivity index (χ3v) is 5.05. The molecule has 2 heteroatoms. The number of nitrogens with one attached hydrogen (secondary N) is 1. The highest BCUT2D eigenvalue weighted by Crippen LogP contribution is 2.44. The van der Waals surface area contributed by atoms with Gasteiger partial charge in [0.25, 0.3) is 0 Å². The van der Waals surface area contributed by atoms with Crippen LogP contribution in [0.5, 0.6) is 0 Å². The van der Waals surface area contributed by atoms with Crippen LogP contribution >= 0.6 is 0 Å². The predicted molar refractivity (Wildman–Crippen MR) is 78.2 cm³/mol. The molecular weight excluding hydrogens is 234 g/mol. The molecule has 1 aliphatic carbocycles. The minimum Gasteiger partial charge on any atom is -0.384 e. The van der Waals surface area contributed by atoms with Gasteiger partial charge < -0.3 is 10.4 Å². The molecule has 1 fully saturated rings. The summed E-state index contributed by atoms with van der Waals surface area (Å²) in [5.74, 6) is 0.572. The lowest BCUT2D eigenvalue weighted by Crippen LogP contribution is -2.50. The van der Waals surface area contributed by atoms with Crippen LogP contribution in [0, 0.1) is 0 Å². The molecule has 104 valence electrons. The molecule has 3 rings (SSSR count). The quantitative estimate of drug-likeness (QED) is 0.811.